The van der Waals surface area contributed by atoms with Crippen molar-refractivity contribution in [3.05, 3.63) is 71.2 Å². The number of carbonyl (C=O) groups is 2. The van der Waals surface area contributed by atoms with Gasteiger partial charge in [0.2, 0.25) is 0 Å². The largest absolute Gasteiger partial charge is 0.465 e. The lowest BCUT2D eigenvalue weighted by Gasteiger charge is -2.07. The van der Waals surface area contributed by atoms with Crippen LogP contribution in [0, 0.1) is 12.7 Å². The van der Waals surface area contributed by atoms with Crippen molar-refractivity contribution in [3.63, 3.8) is 0 Å². The molecule has 0 unspecified atom stereocenters. The fourth-order valence-corrected chi connectivity index (χ4v) is 2.75. The van der Waals surface area contributed by atoms with Gasteiger partial charge in [-0.15, -0.1) is 0 Å². The van der Waals surface area contributed by atoms with Crippen molar-refractivity contribution in [2.45, 2.75) is 6.92 Å². The first-order valence-electron chi connectivity index (χ1n) is 8.09. The van der Waals surface area contributed by atoms with E-state index < -0.39 is 11.9 Å². The van der Waals surface area contributed by atoms with E-state index in [2.05, 4.69) is 5.10 Å². The normalized spacial score (nSPS) is 10.5. The van der Waals surface area contributed by atoms with Gasteiger partial charge in [0.15, 0.2) is 5.69 Å². The van der Waals surface area contributed by atoms with Crippen molar-refractivity contribution in [1.29, 1.82) is 0 Å². The molecule has 2 aromatic carbocycles. The predicted molar refractivity (Wildman–Crippen MR) is 96.4 cm³/mol. The number of esters is 2. The van der Waals surface area contributed by atoms with Gasteiger partial charge in [-0.25, -0.2) is 18.7 Å². The minimum atomic E-state index is -0.741. The quantitative estimate of drug-likeness (QED) is 0.659. The van der Waals surface area contributed by atoms with E-state index >= 15 is 0 Å². The summed E-state index contributed by atoms with van der Waals surface area (Å²) in [7, 11) is 2.43. The highest BCUT2D eigenvalue weighted by molar-refractivity contribution is 6.06. The molecule has 6 nitrogen and oxygen atoms in total. The van der Waals surface area contributed by atoms with E-state index in [-0.39, 0.29) is 22.8 Å². The molecule has 1 heterocycles. The average molecular weight is 368 g/mol. The monoisotopic (exact) mass is 368 g/mol. The van der Waals surface area contributed by atoms with Crippen molar-refractivity contribution in [1.82, 2.24) is 9.78 Å². The summed E-state index contributed by atoms with van der Waals surface area (Å²) in [5.41, 5.74) is 1.53. The van der Waals surface area contributed by atoms with Crippen molar-refractivity contribution < 1.29 is 23.5 Å². The molecule has 0 aliphatic rings. The minimum Gasteiger partial charge on any atom is -0.465 e. The van der Waals surface area contributed by atoms with Crippen molar-refractivity contribution in [3.8, 4) is 16.9 Å². The van der Waals surface area contributed by atoms with E-state index in [0.29, 0.717) is 16.8 Å². The summed E-state index contributed by atoms with van der Waals surface area (Å²) in [5, 5.41) is 4.45. The summed E-state index contributed by atoms with van der Waals surface area (Å²) < 4.78 is 24.7. The molecule has 27 heavy (non-hydrogen) atoms. The Morgan fingerprint density at radius 1 is 1.00 bits per heavy atom. The molecule has 0 atom stereocenters. The number of nitrogens with zero attached hydrogens (tertiary/aromatic N) is 2. The van der Waals surface area contributed by atoms with Gasteiger partial charge in [-0.1, -0.05) is 18.2 Å². The second kappa shape index (κ2) is 7.41. The first-order chi connectivity index (χ1) is 13.0. The fraction of sp³-hybridized carbons (Fsp3) is 0.150. The lowest BCUT2D eigenvalue weighted by atomic mass is 10.0. The topological polar surface area (TPSA) is 70.4 Å². The second-order valence-corrected chi connectivity index (χ2v) is 5.77. The lowest BCUT2D eigenvalue weighted by molar-refractivity contribution is 0.0549. The summed E-state index contributed by atoms with van der Waals surface area (Å²) in [6.45, 7) is 1.60. The zero-order chi connectivity index (χ0) is 19.6. The predicted octanol–water partition coefficient (Wildman–Crippen LogP) is 3.56. The number of aryl methyl sites for hydroxylation is 1. The third-order valence-electron chi connectivity index (χ3n) is 4.09. The SMILES string of the molecule is COC(=O)c1c(-c2ccc(F)c(C)c2)nn(-c2ccccc2)c1C(=O)OC. The number of rotatable bonds is 4. The van der Waals surface area contributed by atoms with Gasteiger partial charge < -0.3 is 9.47 Å². The van der Waals surface area contributed by atoms with Crippen LogP contribution < -0.4 is 0 Å². The van der Waals surface area contributed by atoms with E-state index in [9.17, 15) is 14.0 Å². The Morgan fingerprint density at radius 2 is 1.67 bits per heavy atom. The molecule has 0 fully saturated rings. The van der Waals surface area contributed by atoms with Crippen LogP contribution in [-0.2, 0) is 9.47 Å². The Labute approximate surface area is 155 Å². The second-order valence-electron chi connectivity index (χ2n) is 5.77. The van der Waals surface area contributed by atoms with Gasteiger partial charge in [0, 0.05) is 5.56 Å². The molecular formula is C20H17FN2O4. The number of carbonyl (C=O) groups excluding carboxylic acids is 2. The van der Waals surface area contributed by atoms with Crippen LogP contribution in [0.5, 0.6) is 0 Å². The molecule has 3 rings (SSSR count). The number of ether oxygens (including phenoxy) is 2. The molecule has 138 valence electrons. The highest BCUT2D eigenvalue weighted by Crippen LogP contribution is 2.30. The Bertz CT molecular complexity index is 1010. The molecular weight excluding hydrogens is 351 g/mol. The van der Waals surface area contributed by atoms with Crippen molar-refractivity contribution in [2.24, 2.45) is 0 Å². The summed E-state index contributed by atoms with van der Waals surface area (Å²) in [5.74, 6) is -1.86. The van der Waals surface area contributed by atoms with E-state index in [1.165, 1.54) is 31.0 Å². The molecule has 0 amide bonds. The van der Waals surface area contributed by atoms with Crippen LogP contribution in [0.25, 0.3) is 16.9 Å². The standard InChI is InChI=1S/C20H17FN2O4/c1-12-11-13(9-10-15(12)21)17-16(19(24)26-2)18(20(25)27-3)23(22-17)14-7-5-4-6-8-14/h4-11H,1-3H3. The van der Waals surface area contributed by atoms with Crippen LogP contribution in [0.1, 0.15) is 26.4 Å². The number of methoxy groups -OCH3 is 2. The van der Waals surface area contributed by atoms with Gasteiger partial charge in [-0.2, -0.15) is 5.10 Å². The summed E-state index contributed by atoms with van der Waals surface area (Å²) in [6.07, 6.45) is 0. The molecule has 0 spiro atoms. The van der Waals surface area contributed by atoms with Crippen molar-refractivity contribution >= 4 is 11.9 Å². The molecule has 0 bridgehead atoms. The van der Waals surface area contributed by atoms with Crippen LogP contribution in [0.4, 0.5) is 4.39 Å². The molecule has 7 heteroatoms. The molecule has 0 aliphatic heterocycles. The molecule has 0 saturated heterocycles. The number of benzene rings is 2. The van der Waals surface area contributed by atoms with Crippen LogP contribution >= 0.6 is 0 Å². The molecule has 0 aliphatic carbocycles. The highest BCUT2D eigenvalue weighted by atomic mass is 19.1. The number of halogens is 1. The van der Waals surface area contributed by atoms with Gasteiger partial charge in [0.25, 0.3) is 0 Å². The van der Waals surface area contributed by atoms with E-state index in [0.717, 1.165) is 0 Å². The Hall–Kier alpha value is -3.48. The van der Waals surface area contributed by atoms with Crippen LogP contribution in [0.2, 0.25) is 0 Å². The zero-order valence-electron chi connectivity index (χ0n) is 15.0. The lowest BCUT2D eigenvalue weighted by Crippen LogP contribution is -2.15. The number of para-hydroxylation sites is 1. The first kappa shape index (κ1) is 18.3. The van der Waals surface area contributed by atoms with Crippen LogP contribution in [0.3, 0.4) is 0 Å². The maximum atomic E-state index is 13.7. The van der Waals surface area contributed by atoms with Gasteiger partial charge >= 0.3 is 11.9 Å². The number of hydrogen-bond donors (Lipinski definition) is 0. The molecule has 0 radical (unpaired) electrons. The molecule has 0 saturated carbocycles. The van der Waals surface area contributed by atoms with Gasteiger partial charge in [-0.05, 0) is 42.8 Å². The number of hydrogen-bond acceptors (Lipinski definition) is 5. The number of aromatic nitrogens is 2. The zero-order valence-corrected chi connectivity index (χ0v) is 15.0. The van der Waals surface area contributed by atoms with Gasteiger partial charge in [0.1, 0.15) is 17.1 Å². The highest BCUT2D eigenvalue weighted by Gasteiger charge is 2.31. The van der Waals surface area contributed by atoms with Crippen LogP contribution in [0.15, 0.2) is 48.5 Å². The minimum absolute atomic E-state index is 0.0424. The fourth-order valence-electron chi connectivity index (χ4n) is 2.75. The summed E-state index contributed by atoms with van der Waals surface area (Å²) >= 11 is 0. The molecule has 1 aromatic heterocycles. The van der Waals surface area contributed by atoms with E-state index in [1.807, 2.05) is 6.07 Å². The van der Waals surface area contributed by atoms with Crippen molar-refractivity contribution in [2.75, 3.05) is 14.2 Å². The maximum absolute atomic E-state index is 13.7. The first-order valence-corrected chi connectivity index (χ1v) is 8.09. The Kier molecular flexibility index (Phi) is 5.03. The average Bonchev–Trinajstić information content (AvgIpc) is 3.10. The summed E-state index contributed by atoms with van der Waals surface area (Å²) in [4.78, 5) is 25.0. The molecule has 3 aromatic rings. The van der Waals surface area contributed by atoms with Crippen LogP contribution in [-0.4, -0.2) is 35.9 Å². The van der Waals surface area contributed by atoms with E-state index in [1.54, 1.807) is 37.3 Å². The van der Waals surface area contributed by atoms with Gasteiger partial charge in [-0.3, -0.25) is 0 Å². The maximum Gasteiger partial charge on any atom is 0.357 e. The van der Waals surface area contributed by atoms with Gasteiger partial charge in [0.05, 0.1) is 19.9 Å². The van der Waals surface area contributed by atoms with E-state index in [4.69, 9.17) is 9.47 Å². The Balaban J connectivity index is 2.36. The third kappa shape index (κ3) is 3.31. The smallest absolute Gasteiger partial charge is 0.357 e. The molecule has 0 N–H and O–H groups in total. The Morgan fingerprint density at radius 3 is 2.26 bits per heavy atom. The third-order valence-corrected chi connectivity index (χ3v) is 4.09. The summed E-state index contributed by atoms with van der Waals surface area (Å²) in [6, 6.07) is 13.2.